The van der Waals surface area contributed by atoms with Gasteiger partial charge in [-0.3, -0.25) is 14.4 Å². The van der Waals surface area contributed by atoms with Gasteiger partial charge in [0.2, 0.25) is 0 Å². The third-order valence-electron chi connectivity index (χ3n) is 13.7. The van der Waals surface area contributed by atoms with Gasteiger partial charge in [0.1, 0.15) is 13.2 Å². The second-order valence-electron chi connectivity index (χ2n) is 21.6. The summed E-state index contributed by atoms with van der Waals surface area (Å²) >= 11 is 0. The molecule has 0 amide bonds. The highest BCUT2D eigenvalue weighted by molar-refractivity contribution is 5.71. The quantitative estimate of drug-likeness (QED) is 0.0261. The SMILES string of the molecule is CC/C=C\C/C=C\C/C=C\C/C=C\C/C=C\C/C=C\C/C=C\C/C=C\CCCCCCCCCCC(=O)OCC(COC(=O)CCCCC/C=C\C/C=C\C/C=C\CC)OC(=O)CCCCCCCC/C=C\C/C=C\C/C=C\CCCCC. The Kier molecular flexibility index (Phi) is 64.9. The minimum absolute atomic E-state index is 0.104. The molecule has 0 radical (unpaired) electrons. The summed E-state index contributed by atoms with van der Waals surface area (Å²) in [6, 6.07) is 0. The highest BCUT2D eigenvalue weighted by atomic mass is 16.6. The molecule has 1 unspecified atom stereocenters. The van der Waals surface area contributed by atoms with Gasteiger partial charge in [-0.2, -0.15) is 0 Å². The molecule has 83 heavy (non-hydrogen) atoms. The zero-order chi connectivity index (χ0) is 59.9. The molecule has 0 aliphatic carbocycles. The molecular weight excluding hydrogens is 1020 g/mol. The monoisotopic (exact) mass is 1140 g/mol. The summed E-state index contributed by atoms with van der Waals surface area (Å²) < 4.78 is 16.9. The maximum atomic E-state index is 12.9. The Morgan fingerprint density at radius 1 is 0.253 bits per heavy atom. The summed E-state index contributed by atoms with van der Waals surface area (Å²) in [5.41, 5.74) is 0. The lowest BCUT2D eigenvalue weighted by Crippen LogP contribution is -2.30. The van der Waals surface area contributed by atoms with E-state index in [4.69, 9.17) is 14.2 Å². The standard InChI is InChI=1S/C77H122O6/c1-4-7-10-13-16-19-22-25-27-29-31-32-33-34-35-36-37-38-39-40-41-42-43-44-46-47-49-52-55-58-61-64-67-70-76(79)82-73-74(72-81-75(78)69-66-63-60-57-54-51-24-21-18-15-12-9-6-3)83-77(80)71-68-65-62-59-56-53-50-48-45-30-28-26-23-20-17-14-11-8-5-2/h7,9-10,12,16-21,25-28,31-32,34-35,37-38,40-41,43-45,48,51,54,74H,4-6,8,11,13-15,22-24,29-30,33,36,39,42,46-47,49-50,52-53,55-73H2,1-3H3/b10-7-,12-9-,19-16-,20-17-,21-18-,27-25-,28-26-,32-31-,35-34-,38-37-,41-40-,44-43-,48-45-,54-51-. The molecule has 6 nitrogen and oxygen atoms in total. The second-order valence-corrected chi connectivity index (χ2v) is 21.6. The van der Waals surface area contributed by atoms with Crippen molar-refractivity contribution in [3.63, 3.8) is 0 Å². The van der Waals surface area contributed by atoms with E-state index in [1.165, 1.54) is 70.6 Å². The van der Waals surface area contributed by atoms with Crippen LogP contribution in [0.5, 0.6) is 0 Å². The molecule has 0 saturated heterocycles. The Balaban J connectivity index is 4.35. The number of hydrogen-bond acceptors (Lipinski definition) is 6. The Bertz CT molecular complexity index is 1890. The zero-order valence-electron chi connectivity index (χ0n) is 53.4. The minimum Gasteiger partial charge on any atom is -0.462 e. The summed E-state index contributed by atoms with van der Waals surface area (Å²) in [4.78, 5) is 38.3. The number of carbonyl (C=O) groups is 3. The van der Waals surface area contributed by atoms with Crippen LogP contribution in [-0.2, 0) is 28.6 Å². The van der Waals surface area contributed by atoms with E-state index in [2.05, 4.69) is 191 Å². The minimum atomic E-state index is -0.810. The van der Waals surface area contributed by atoms with Crippen LogP contribution < -0.4 is 0 Å². The van der Waals surface area contributed by atoms with E-state index in [-0.39, 0.29) is 31.1 Å². The van der Waals surface area contributed by atoms with Crippen LogP contribution in [0.25, 0.3) is 0 Å². The number of hydrogen-bond donors (Lipinski definition) is 0. The maximum Gasteiger partial charge on any atom is 0.306 e. The first-order valence-corrected chi connectivity index (χ1v) is 33.6. The van der Waals surface area contributed by atoms with Crippen LogP contribution in [0.15, 0.2) is 170 Å². The lowest BCUT2D eigenvalue weighted by atomic mass is 10.1. The molecule has 0 spiro atoms. The van der Waals surface area contributed by atoms with E-state index in [0.717, 1.165) is 167 Å². The molecule has 0 N–H and O–H groups in total. The van der Waals surface area contributed by atoms with Gasteiger partial charge in [0, 0.05) is 19.3 Å². The number of rotatable bonds is 59. The van der Waals surface area contributed by atoms with Gasteiger partial charge in [0.25, 0.3) is 0 Å². The predicted molar refractivity (Wildman–Crippen MR) is 361 cm³/mol. The van der Waals surface area contributed by atoms with E-state index in [1.54, 1.807) is 0 Å². The average molecular weight is 1140 g/mol. The molecule has 0 heterocycles. The third kappa shape index (κ3) is 67.4. The number of carbonyl (C=O) groups excluding carboxylic acids is 3. The number of unbranched alkanes of at least 4 members (excludes halogenated alkanes) is 20. The van der Waals surface area contributed by atoms with Gasteiger partial charge >= 0.3 is 17.9 Å². The van der Waals surface area contributed by atoms with Crippen LogP contribution >= 0.6 is 0 Å². The Hall–Kier alpha value is -5.23. The zero-order valence-corrected chi connectivity index (χ0v) is 53.4. The van der Waals surface area contributed by atoms with E-state index in [0.29, 0.717) is 19.3 Å². The van der Waals surface area contributed by atoms with Crippen molar-refractivity contribution in [2.45, 2.75) is 284 Å². The molecule has 6 heteroatoms. The van der Waals surface area contributed by atoms with Crippen molar-refractivity contribution in [3.8, 4) is 0 Å². The van der Waals surface area contributed by atoms with Crippen LogP contribution in [0.1, 0.15) is 278 Å². The third-order valence-corrected chi connectivity index (χ3v) is 13.7. The number of esters is 3. The molecule has 1 atom stereocenters. The van der Waals surface area contributed by atoms with Gasteiger partial charge in [-0.05, 0) is 154 Å². The first kappa shape index (κ1) is 77.8. The predicted octanol–water partition coefficient (Wildman–Crippen LogP) is 23.4. The summed E-state index contributed by atoms with van der Waals surface area (Å²) in [6.45, 7) is 6.34. The molecule has 466 valence electrons. The molecule has 0 saturated carbocycles. The van der Waals surface area contributed by atoms with E-state index in [9.17, 15) is 14.4 Å². The fourth-order valence-corrected chi connectivity index (χ4v) is 8.71. The maximum absolute atomic E-state index is 12.9. The van der Waals surface area contributed by atoms with Crippen LogP contribution in [0.2, 0.25) is 0 Å². The lowest BCUT2D eigenvalue weighted by Gasteiger charge is -2.18. The van der Waals surface area contributed by atoms with Gasteiger partial charge in [0.15, 0.2) is 6.10 Å². The molecule has 0 rings (SSSR count). The fraction of sp³-hybridized carbons (Fsp3) is 0.597. The summed E-state index contributed by atoms with van der Waals surface area (Å²) in [5.74, 6) is -0.957. The normalized spacial score (nSPS) is 13.2. The lowest BCUT2D eigenvalue weighted by molar-refractivity contribution is -0.167. The summed E-state index contributed by atoms with van der Waals surface area (Å²) in [7, 11) is 0. The van der Waals surface area contributed by atoms with Crippen LogP contribution in [0.4, 0.5) is 0 Å². The Morgan fingerprint density at radius 2 is 0.470 bits per heavy atom. The summed E-state index contributed by atoms with van der Waals surface area (Å²) in [6.07, 6.45) is 102. The molecule has 0 bridgehead atoms. The van der Waals surface area contributed by atoms with Gasteiger partial charge in [-0.15, -0.1) is 0 Å². The molecule has 0 aromatic heterocycles. The van der Waals surface area contributed by atoms with Crippen LogP contribution in [-0.4, -0.2) is 37.2 Å². The molecule has 0 fully saturated rings. The molecular formula is C77H122O6. The highest BCUT2D eigenvalue weighted by Crippen LogP contribution is 2.14. The van der Waals surface area contributed by atoms with E-state index >= 15 is 0 Å². The number of allylic oxidation sites excluding steroid dienone is 28. The van der Waals surface area contributed by atoms with Gasteiger partial charge < -0.3 is 14.2 Å². The van der Waals surface area contributed by atoms with Crippen molar-refractivity contribution in [2.75, 3.05) is 13.2 Å². The van der Waals surface area contributed by atoms with Gasteiger partial charge in [0.05, 0.1) is 0 Å². The summed E-state index contributed by atoms with van der Waals surface area (Å²) in [5, 5.41) is 0. The van der Waals surface area contributed by atoms with Crippen molar-refractivity contribution in [2.24, 2.45) is 0 Å². The highest BCUT2D eigenvalue weighted by Gasteiger charge is 2.19. The van der Waals surface area contributed by atoms with Gasteiger partial charge in [-0.25, -0.2) is 0 Å². The van der Waals surface area contributed by atoms with Crippen molar-refractivity contribution in [3.05, 3.63) is 170 Å². The Morgan fingerprint density at radius 3 is 0.747 bits per heavy atom. The first-order chi connectivity index (χ1) is 41.0. The van der Waals surface area contributed by atoms with Crippen molar-refractivity contribution < 1.29 is 28.6 Å². The second kappa shape index (κ2) is 69.3. The molecule has 0 aromatic rings. The average Bonchev–Trinajstić information content (AvgIpc) is 3.49. The van der Waals surface area contributed by atoms with Crippen LogP contribution in [0.3, 0.4) is 0 Å². The van der Waals surface area contributed by atoms with Crippen molar-refractivity contribution in [1.29, 1.82) is 0 Å². The molecule has 0 aliphatic heterocycles. The first-order valence-electron chi connectivity index (χ1n) is 33.6. The molecule has 0 aromatic carbocycles. The fourth-order valence-electron chi connectivity index (χ4n) is 8.71. The number of ether oxygens (including phenoxy) is 3. The van der Waals surface area contributed by atoms with Crippen LogP contribution in [0, 0.1) is 0 Å². The molecule has 0 aliphatic rings. The largest absolute Gasteiger partial charge is 0.462 e. The smallest absolute Gasteiger partial charge is 0.306 e. The van der Waals surface area contributed by atoms with Gasteiger partial charge in [-0.1, -0.05) is 274 Å². The topological polar surface area (TPSA) is 78.9 Å². The van der Waals surface area contributed by atoms with E-state index in [1.807, 2.05) is 0 Å². The Labute approximate surface area is 511 Å². The van der Waals surface area contributed by atoms with Crippen molar-refractivity contribution in [1.82, 2.24) is 0 Å². The van der Waals surface area contributed by atoms with E-state index < -0.39 is 6.10 Å². The van der Waals surface area contributed by atoms with Crippen molar-refractivity contribution >= 4 is 17.9 Å².